The molecule has 29 heavy (non-hydrogen) atoms. The lowest BCUT2D eigenvalue weighted by molar-refractivity contribution is -0.149. The molecule has 156 valence electrons. The first kappa shape index (κ1) is 22.6. The number of nitrogens with zero attached hydrogens (tertiary/aromatic N) is 1. The molecule has 0 radical (unpaired) electrons. The maximum atomic E-state index is 12.5. The minimum atomic E-state index is -1.18. The molecule has 1 saturated heterocycles. The first-order chi connectivity index (χ1) is 13.6. The van der Waals surface area contributed by atoms with Crippen LogP contribution in [0.5, 0.6) is 11.5 Å². The van der Waals surface area contributed by atoms with Crippen LogP contribution >= 0.6 is 23.4 Å². The van der Waals surface area contributed by atoms with Gasteiger partial charge in [-0.2, -0.15) is 0 Å². The number of carboxylic acid groups (broad SMARTS) is 1. The van der Waals surface area contributed by atoms with Gasteiger partial charge in [0.2, 0.25) is 0 Å². The van der Waals surface area contributed by atoms with Crippen LogP contribution in [-0.2, 0) is 19.1 Å². The molecule has 2 rings (SSSR count). The van der Waals surface area contributed by atoms with E-state index < -0.39 is 36.2 Å². The topological polar surface area (TPSA) is 119 Å². The summed E-state index contributed by atoms with van der Waals surface area (Å²) < 4.78 is 15.2. The summed E-state index contributed by atoms with van der Waals surface area (Å²) in [6, 6.07) is 2.91. The van der Waals surface area contributed by atoms with Crippen LogP contribution in [0.3, 0.4) is 0 Å². The molecule has 0 unspecified atom stereocenters. The lowest BCUT2D eigenvalue weighted by Gasteiger charge is -2.13. The van der Waals surface area contributed by atoms with Gasteiger partial charge in [-0.3, -0.25) is 19.3 Å². The Hall–Kier alpha value is -2.72. The fraction of sp³-hybridized carbons (Fsp3) is 0.333. The number of hydrogen-bond donors (Lipinski definition) is 1. The molecule has 0 atom stereocenters. The predicted octanol–water partition coefficient (Wildman–Crippen LogP) is 2.80. The van der Waals surface area contributed by atoms with Crippen LogP contribution < -0.4 is 9.47 Å². The number of carbonyl (C=O) groups excluding carboxylic acids is 3. The summed E-state index contributed by atoms with van der Waals surface area (Å²) in [4.78, 5) is 47.9. The second kappa shape index (κ2) is 9.66. The Morgan fingerprint density at radius 1 is 1.31 bits per heavy atom. The maximum absolute atomic E-state index is 12.5. The molecule has 0 bridgehead atoms. The molecule has 1 fully saturated rings. The number of thioether (sulfide) groups is 1. The van der Waals surface area contributed by atoms with Gasteiger partial charge in [0, 0.05) is 0 Å². The number of hydrogen-bond acceptors (Lipinski definition) is 8. The molecule has 1 aliphatic rings. The van der Waals surface area contributed by atoms with Crippen molar-refractivity contribution in [2.24, 2.45) is 0 Å². The van der Waals surface area contributed by atoms with Crippen molar-refractivity contribution in [2.45, 2.75) is 20.0 Å². The van der Waals surface area contributed by atoms with E-state index in [9.17, 15) is 19.2 Å². The third-order valence-corrected chi connectivity index (χ3v) is 4.61. The summed E-state index contributed by atoms with van der Waals surface area (Å²) in [6.07, 6.45) is 1.04. The lowest BCUT2D eigenvalue weighted by Crippen LogP contribution is -2.35. The van der Waals surface area contributed by atoms with Crippen LogP contribution in [0.4, 0.5) is 4.79 Å². The van der Waals surface area contributed by atoms with Gasteiger partial charge in [-0.15, -0.1) is 0 Å². The molecule has 0 aliphatic carbocycles. The highest BCUT2D eigenvalue weighted by atomic mass is 35.5. The van der Waals surface area contributed by atoms with Crippen LogP contribution in [0.15, 0.2) is 17.0 Å². The van der Waals surface area contributed by atoms with E-state index in [4.69, 9.17) is 30.9 Å². The standard InChI is InChI=1S/C18H18ClNO8S/c1-9(2)28-15(23)7-20-17(24)13(29-18(20)25)6-10-4-11(19)16(12(5-10)26-3)27-8-14(21)22/h4-6,9H,7-8H2,1-3H3,(H,21,22)/b13-6+. The number of methoxy groups -OCH3 is 1. The van der Waals surface area contributed by atoms with Gasteiger partial charge in [0.25, 0.3) is 11.1 Å². The summed E-state index contributed by atoms with van der Waals surface area (Å²) in [5.74, 6) is -2.31. The number of esters is 1. The molecule has 0 aromatic heterocycles. The number of carboxylic acids is 1. The zero-order valence-electron chi connectivity index (χ0n) is 15.8. The third-order valence-electron chi connectivity index (χ3n) is 3.42. The van der Waals surface area contributed by atoms with Crippen molar-refractivity contribution in [3.63, 3.8) is 0 Å². The van der Waals surface area contributed by atoms with Crippen molar-refractivity contribution >= 4 is 52.5 Å². The zero-order valence-corrected chi connectivity index (χ0v) is 17.3. The second-order valence-corrected chi connectivity index (χ2v) is 7.42. The Bertz CT molecular complexity index is 883. The number of rotatable bonds is 8. The van der Waals surface area contributed by atoms with E-state index in [1.807, 2.05) is 0 Å². The molecular formula is C18H18ClNO8S. The average Bonchev–Trinajstić information content (AvgIpc) is 2.87. The molecule has 0 saturated carbocycles. The smallest absolute Gasteiger partial charge is 0.341 e. The van der Waals surface area contributed by atoms with Crippen molar-refractivity contribution in [1.82, 2.24) is 4.90 Å². The van der Waals surface area contributed by atoms with E-state index in [1.54, 1.807) is 13.8 Å². The maximum Gasteiger partial charge on any atom is 0.341 e. The predicted molar refractivity (Wildman–Crippen MR) is 105 cm³/mol. The Morgan fingerprint density at radius 3 is 2.59 bits per heavy atom. The number of imide groups is 1. The molecule has 1 N–H and O–H groups in total. The van der Waals surface area contributed by atoms with E-state index in [1.165, 1.54) is 25.3 Å². The normalized spacial score (nSPS) is 15.2. The van der Waals surface area contributed by atoms with Gasteiger partial charge in [-0.1, -0.05) is 11.6 Å². The van der Waals surface area contributed by atoms with Crippen LogP contribution in [0.25, 0.3) is 6.08 Å². The third kappa shape index (κ3) is 5.88. The molecular weight excluding hydrogens is 426 g/mol. The molecule has 1 aromatic carbocycles. The Kier molecular flexibility index (Phi) is 7.52. The molecule has 1 aliphatic heterocycles. The van der Waals surface area contributed by atoms with Gasteiger partial charge < -0.3 is 19.3 Å². The van der Waals surface area contributed by atoms with Gasteiger partial charge in [0.05, 0.1) is 23.1 Å². The van der Waals surface area contributed by atoms with Gasteiger partial charge in [-0.05, 0) is 49.4 Å². The number of amides is 2. The minimum absolute atomic E-state index is 0.0400. The van der Waals surface area contributed by atoms with Crippen molar-refractivity contribution in [2.75, 3.05) is 20.3 Å². The van der Waals surface area contributed by atoms with Crippen LogP contribution in [-0.4, -0.2) is 59.5 Å². The summed E-state index contributed by atoms with van der Waals surface area (Å²) in [5, 5.41) is 8.21. The van der Waals surface area contributed by atoms with E-state index in [-0.39, 0.29) is 27.5 Å². The van der Waals surface area contributed by atoms with Gasteiger partial charge in [0.1, 0.15) is 6.54 Å². The second-order valence-electron chi connectivity index (χ2n) is 6.02. The molecule has 2 amide bonds. The van der Waals surface area contributed by atoms with Crippen molar-refractivity contribution < 1.29 is 38.5 Å². The van der Waals surface area contributed by atoms with E-state index in [0.29, 0.717) is 17.3 Å². The van der Waals surface area contributed by atoms with Crippen LogP contribution in [0.1, 0.15) is 19.4 Å². The summed E-state index contributed by atoms with van der Waals surface area (Å²) in [5.41, 5.74) is 0.421. The molecule has 9 nitrogen and oxygen atoms in total. The highest BCUT2D eigenvalue weighted by molar-refractivity contribution is 8.18. The van der Waals surface area contributed by atoms with E-state index in [2.05, 4.69) is 0 Å². The Morgan fingerprint density at radius 2 is 2.00 bits per heavy atom. The number of aliphatic carboxylic acids is 1. The lowest BCUT2D eigenvalue weighted by atomic mass is 10.1. The van der Waals surface area contributed by atoms with E-state index >= 15 is 0 Å². The summed E-state index contributed by atoms with van der Waals surface area (Å²) >= 11 is 6.81. The number of carbonyl (C=O) groups is 4. The average molecular weight is 444 g/mol. The van der Waals surface area contributed by atoms with Gasteiger partial charge in [-0.25, -0.2) is 4.79 Å². The van der Waals surface area contributed by atoms with Crippen molar-refractivity contribution in [1.29, 1.82) is 0 Å². The van der Waals surface area contributed by atoms with Crippen molar-refractivity contribution in [3.8, 4) is 11.5 Å². The Balaban J connectivity index is 2.24. The fourth-order valence-corrected chi connectivity index (χ4v) is 3.43. The minimum Gasteiger partial charge on any atom is -0.493 e. The fourth-order valence-electron chi connectivity index (χ4n) is 2.31. The first-order valence-electron chi connectivity index (χ1n) is 8.29. The van der Waals surface area contributed by atoms with Gasteiger partial charge in [0.15, 0.2) is 18.1 Å². The highest BCUT2D eigenvalue weighted by Crippen LogP contribution is 2.38. The molecule has 1 heterocycles. The first-order valence-corrected chi connectivity index (χ1v) is 9.48. The largest absolute Gasteiger partial charge is 0.493 e. The molecule has 0 spiro atoms. The molecule has 1 aromatic rings. The number of halogens is 1. The van der Waals surface area contributed by atoms with E-state index in [0.717, 1.165) is 4.90 Å². The monoisotopic (exact) mass is 443 g/mol. The number of benzene rings is 1. The molecule has 11 heteroatoms. The number of ether oxygens (including phenoxy) is 3. The quantitative estimate of drug-likeness (QED) is 0.477. The zero-order chi connectivity index (χ0) is 21.7. The SMILES string of the molecule is COc1cc(/C=C2/SC(=O)N(CC(=O)OC(C)C)C2=O)cc(Cl)c1OCC(=O)O. The summed E-state index contributed by atoms with van der Waals surface area (Å²) in [7, 11) is 1.34. The summed E-state index contributed by atoms with van der Waals surface area (Å²) in [6.45, 7) is 2.23. The Labute approximate surface area is 175 Å². The van der Waals surface area contributed by atoms with Crippen LogP contribution in [0, 0.1) is 0 Å². The van der Waals surface area contributed by atoms with Crippen LogP contribution in [0.2, 0.25) is 5.02 Å². The highest BCUT2D eigenvalue weighted by Gasteiger charge is 2.36. The van der Waals surface area contributed by atoms with Gasteiger partial charge >= 0.3 is 11.9 Å². The van der Waals surface area contributed by atoms with Crippen molar-refractivity contribution in [3.05, 3.63) is 27.6 Å².